The fourth-order valence-corrected chi connectivity index (χ4v) is 4.16. The molecule has 0 unspecified atom stereocenters. The summed E-state index contributed by atoms with van der Waals surface area (Å²) in [5.74, 6) is -0.523. The van der Waals surface area contributed by atoms with Crippen LogP contribution < -0.4 is 15.8 Å². The molecule has 4 rings (SSSR count). The number of nitrogen functional groups attached to an aromatic ring is 1. The van der Waals surface area contributed by atoms with Gasteiger partial charge in [0.15, 0.2) is 5.78 Å². The largest absolute Gasteiger partial charge is 0.507 e. The van der Waals surface area contributed by atoms with Crippen LogP contribution in [0.15, 0.2) is 66.7 Å². The summed E-state index contributed by atoms with van der Waals surface area (Å²) in [4.78, 5) is 39.6. The van der Waals surface area contributed by atoms with Gasteiger partial charge < -0.3 is 25.8 Å². The van der Waals surface area contributed by atoms with Gasteiger partial charge in [-0.05, 0) is 59.2 Å². The molecule has 1 aliphatic heterocycles. The number of aromatic hydroxyl groups is 1. The first-order chi connectivity index (χ1) is 16.7. The molecule has 0 atom stereocenters. The van der Waals surface area contributed by atoms with Crippen LogP contribution in [0.4, 0.5) is 5.69 Å². The minimum absolute atomic E-state index is 0.0584. The average molecular weight is 472 g/mol. The Morgan fingerprint density at radius 1 is 1.14 bits per heavy atom. The molecule has 0 bridgehead atoms. The third kappa shape index (κ3) is 4.33. The highest BCUT2D eigenvalue weighted by atomic mass is 16.5. The SMILES string of the molecule is C=C(CN1Cc2c(-c3ccc(O)c(C(=O)c4ccc(OC)cc4)c3)ccc(N)c2C1=O)C(=O)NC. The molecule has 0 saturated carbocycles. The lowest BCUT2D eigenvalue weighted by atomic mass is 9.92. The zero-order valence-electron chi connectivity index (χ0n) is 19.4. The number of hydrogen-bond acceptors (Lipinski definition) is 6. The molecule has 1 heterocycles. The van der Waals surface area contributed by atoms with Crippen LogP contribution in [0.3, 0.4) is 0 Å². The minimum atomic E-state index is -0.348. The van der Waals surface area contributed by atoms with E-state index in [9.17, 15) is 19.5 Å². The van der Waals surface area contributed by atoms with Gasteiger partial charge in [0.25, 0.3) is 5.91 Å². The number of likely N-dealkylation sites (N-methyl/N-ethyl adjacent to an activating group) is 1. The van der Waals surface area contributed by atoms with Crippen molar-refractivity contribution in [1.29, 1.82) is 0 Å². The number of hydrogen-bond donors (Lipinski definition) is 3. The minimum Gasteiger partial charge on any atom is -0.507 e. The number of anilines is 1. The van der Waals surface area contributed by atoms with Crippen molar-refractivity contribution in [3.63, 3.8) is 0 Å². The fourth-order valence-electron chi connectivity index (χ4n) is 4.16. The van der Waals surface area contributed by atoms with Crippen molar-refractivity contribution in [2.24, 2.45) is 0 Å². The molecule has 0 aliphatic carbocycles. The van der Waals surface area contributed by atoms with Gasteiger partial charge in [0.1, 0.15) is 11.5 Å². The van der Waals surface area contributed by atoms with Gasteiger partial charge >= 0.3 is 0 Å². The Labute approximate surface area is 202 Å². The number of carbonyl (C=O) groups is 3. The number of phenols is 1. The van der Waals surface area contributed by atoms with Crippen molar-refractivity contribution >= 4 is 23.3 Å². The van der Waals surface area contributed by atoms with Crippen molar-refractivity contribution in [3.05, 3.63) is 89.0 Å². The second-order valence-corrected chi connectivity index (χ2v) is 8.19. The molecule has 3 aromatic carbocycles. The lowest BCUT2D eigenvalue weighted by Gasteiger charge is -2.16. The van der Waals surface area contributed by atoms with Crippen LogP contribution in [0, 0.1) is 0 Å². The van der Waals surface area contributed by atoms with Crippen LogP contribution in [0.1, 0.15) is 31.8 Å². The van der Waals surface area contributed by atoms with Crippen molar-refractivity contribution in [3.8, 4) is 22.6 Å². The van der Waals surface area contributed by atoms with Gasteiger partial charge in [-0.1, -0.05) is 18.7 Å². The lowest BCUT2D eigenvalue weighted by Crippen LogP contribution is -2.31. The average Bonchev–Trinajstić information content (AvgIpc) is 3.20. The molecule has 8 heteroatoms. The molecule has 4 N–H and O–H groups in total. The van der Waals surface area contributed by atoms with Gasteiger partial charge in [-0.2, -0.15) is 0 Å². The van der Waals surface area contributed by atoms with Crippen LogP contribution in [0.25, 0.3) is 11.1 Å². The molecule has 8 nitrogen and oxygen atoms in total. The summed E-state index contributed by atoms with van der Waals surface area (Å²) in [6.45, 7) is 4.05. The lowest BCUT2D eigenvalue weighted by molar-refractivity contribution is -0.117. The van der Waals surface area contributed by atoms with Gasteiger partial charge in [0.05, 0.1) is 24.8 Å². The summed E-state index contributed by atoms with van der Waals surface area (Å²) in [7, 11) is 3.04. The normalized spacial score (nSPS) is 12.3. The van der Waals surface area contributed by atoms with E-state index in [1.807, 2.05) is 0 Å². The smallest absolute Gasteiger partial charge is 0.256 e. The van der Waals surface area contributed by atoms with E-state index >= 15 is 0 Å². The first-order valence-corrected chi connectivity index (χ1v) is 10.9. The molecule has 2 amide bonds. The summed E-state index contributed by atoms with van der Waals surface area (Å²) >= 11 is 0. The van der Waals surface area contributed by atoms with Gasteiger partial charge in [-0.25, -0.2) is 0 Å². The quantitative estimate of drug-likeness (QED) is 0.277. The van der Waals surface area contributed by atoms with Crippen LogP contribution in [-0.2, 0) is 11.3 Å². The van der Waals surface area contributed by atoms with Gasteiger partial charge in [-0.15, -0.1) is 0 Å². The maximum Gasteiger partial charge on any atom is 0.256 e. The Morgan fingerprint density at radius 3 is 2.51 bits per heavy atom. The summed E-state index contributed by atoms with van der Waals surface area (Å²) in [5.41, 5.74) is 9.66. The third-order valence-corrected chi connectivity index (χ3v) is 6.03. The number of benzene rings is 3. The molecule has 1 aliphatic rings. The Balaban J connectivity index is 1.71. The molecule has 35 heavy (non-hydrogen) atoms. The number of ether oxygens (including phenoxy) is 1. The molecule has 178 valence electrons. The number of rotatable bonds is 7. The van der Waals surface area contributed by atoms with Crippen molar-refractivity contribution in [2.45, 2.75) is 6.54 Å². The Bertz CT molecular complexity index is 1360. The van der Waals surface area contributed by atoms with Gasteiger partial charge in [0, 0.05) is 30.4 Å². The van der Waals surface area contributed by atoms with E-state index in [4.69, 9.17) is 10.5 Å². The third-order valence-electron chi connectivity index (χ3n) is 6.03. The van der Waals surface area contributed by atoms with Crippen molar-refractivity contribution in [1.82, 2.24) is 10.2 Å². The second-order valence-electron chi connectivity index (χ2n) is 8.19. The van der Waals surface area contributed by atoms with Gasteiger partial charge in [-0.3, -0.25) is 14.4 Å². The van der Waals surface area contributed by atoms with E-state index in [2.05, 4.69) is 11.9 Å². The van der Waals surface area contributed by atoms with Crippen LogP contribution in [-0.4, -0.2) is 48.3 Å². The van der Waals surface area contributed by atoms with E-state index in [0.29, 0.717) is 39.3 Å². The molecule has 0 fully saturated rings. The first-order valence-electron chi connectivity index (χ1n) is 10.9. The fraction of sp³-hybridized carbons (Fsp3) is 0.148. The highest BCUT2D eigenvalue weighted by molar-refractivity contribution is 6.11. The standard InChI is InChI=1S/C27H25N3O5/c1-15(26(33)29-2)13-30-14-21-19(9-10-22(28)24(21)27(30)34)17-6-11-23(31)20(12-17)25(32)16-4-7-18(35-3)8-5-16/h4-12,31H,1,13-14,28H2,2-3H3,(H,29,33). The van der Waals surface area contributed by atoms with Crippen LogP contribution >= 0.6 is 0 Å². The molecular weight excluding hydrogens is 446 g/mol. The summed E-state index contributed by atoms with van der Waals surface area (Å²) in [5, 5.41) is 12.9. The Morgan fingerprint density at radius 2 is 1.86 bits per heavy atom. The van der Waals surface area contributed by atoms with Crippen LogP contribution in [0.2, 0.25) is 0 Å². The Kier molecular flexibility index (Phi) is 6.29. The van der Waals surface area contributed by atoms with E-state index in [0.717, 1.165) is 0 Å². The number of ketones is 1. The second kappa shape index (κ2) is 9.34. The molecule has 3 aromatic rings. The predicted octanol–water partition coefficient (Wildman–Crippen LogP) is 3.14. The van der Waals surface area contributed by atoms with E-state index in [1.54, 1.807) is 48.5 Å². The number of amides is 2. The highest BCUT2D eigenvalue weighted by Gasteiger charge is 2.33. The van der Waals surface area contributed by atoms with Gasteiger partial charge in [0.2, 0.25) is 5.91 Å². The number of phenolic OH excluding ortho intramolecular Hbond substituents is 1. The number of nitrogens with zero attached hydrogens (tertiary/aromatic N) is 1. The zero-order valence-corrected chi connectivity index (χ0v) is 19.4. The highest BCUT2D eigenvalue weighted by Crippen LogP contribution is 2.38. The maximum atomic E-state index is 13.1. The summed E-state index contributed by atoms with van der Waals surface area (Å²) in [6.07, 6.45) is 0. The number of fused-ring (bicyclic) bond motifs is 1. The zero-order chi connectivity index (χ0) is 25.3. The number of nitrogens with two attached hydrogens (primary N) is 1. The summed E-state index contributed by atoms with van der Waals surface area (Å²) in [6, 6.07) is 14.8. The summed E-state index contributed by atoms with van der Waals surface area (Å²) < 4.78 is 5.14. The van der Waals surface area contributed by atoms with Crippen molar-refractivity contribution < 1.29 is 24.2 Å². The molecule has 0 spiro atoms. The predicted molar refractivity (Wildman–Crippen MR) is 132 cm³/mol. The number of carbonyl (C=O) groups excluding carboxylic acids is 3. The molecule has 0 radical (unpaired) electrons. The van der Waals surface area contributed by atoms with E-state index < -0.39 is 0 Å². The van der Waals surface area contributed by atoms with Crippen LogP contribution in [0.5, 0.6) is 11.5 Å². The topological polar surface area (TPSA) is 122 Å². The number of methoxy groups -OCH3 is 1. The first kappa shape index (κ1) is 23.6. The molecule has 0 saturated heterocycles. The Hall–Kier alpha value is -4.59. The van der Waals surface area contributed by atoms with E-state index in [1.165, 1.54) is 25.1 Å². The van der Waals surface area contributed by atoms with E-state index in [-0.39, 0.29) is 47.6 Å². The van der Waals surface area contributed by atoms with Crippen molar-refractivity contribution in [2.75, 3.05) is 26.4 Å². The molecular formula is C27H25N3O5. The maximum absolute atomic E-state index is 13.1. The monoisotopic (exact) mass is 471 g/mol. The molecule has 0 aromatic heterocycles. The number of nitrogens with one attached hydrogen (secondary N) is 1.